The summed E-state index contributed by atoms with van der Waals surface area (Å²) in [4.78, 5) is 17.8. The van der Waals surface area contributed by atoms with E-state index >= 15 is 0 Å². The summed E-state index contributed by atoms with van der Waals surface area (Å²) >= 11 is 3.19. The molecule has 0 aliphatic carbocycles. The van der Waals surface area contributed by atoms with Gasteiger partial charge in [-0.25, -0.2) is 9.37 Å². The monoisotopic (exact) mass is 375 g/mol. The Hall–Kier alpha value is -2.25. The number of anilines is 1. The zero-order chi connectivity index (χ0) is 18.1. The molecule has 130 valence electrons. The molecule has 3 aromatic rings. The van der Waals surface area contributed by atoms with Crippen molar-refractivity contribution in [2.45, 2.75) is 16.9 Å². The van der Waals surface area contributed by atoms with Crippen LogP contribution < -0.4 is 5.32 Å². The molecule has 0 spiro atoms. The molecule has 3 rings (SSSR count). The van der Waals surface area contributed by atoms with Crippen LogP contribution in [0.5, 0.6) is 0 Å². The highest BCUT2D eigenvalue weighted by Crippen LogP contribution is 2.31. The lowest BCUT2D eigenvalue weighted by Gasteiger charge is -2.02. The molecule has 0 aliphatic heterocycles. The first-order valence-electron chi connectivity index (χ1n) is 7.50. The van der Waals surface area contributed by atoms with Crippen molar-refractivity contribution in [3.63, 3.8) is 0 Å². The maximum absolute atomic E-state index is 13.6. The quantitative estimate of drug-likeness (QED) is 0.512. The molecule has 1 N–H and O–H groups in total. The molecule has 0 saturated heterocycles. The number of thioether (sulfide) groups is 1. The van der Waals surface area contributed by atoms with Gasteiger partial charge in [0.05, 0.1) is 10.4 Å². The zero-order valence-electron chi connectivity index (χ0n) is 13.9. The molecule has 0 unspecified atom stereocenters. The van der Waals surface area contributed by atoms with E-state index in [1.165, 1.54) is 0 Å². The number of halogens is 1. The van der Waals surface area contributed by atoms with Gasteiger partial charge in [0.1, 0.15) is 11.5 Å². The van der Waals surface area contributed by atoms with E-state index in [0.29, 0.717) is 11.4 Å². The number of rotatable bonds is 5. The number of carbonyl (C=O) groups is 1. The smallest absolute Gasteiger partial charge is 0.183 e. The van der Waals surface area contributed by atoms with Crippen molar-refractivity contribution in [1.29, 1.82) is 0 Å². The van der Waals surface area contributed by atoms with E-state index in [2.05, 4.69) is 15.3 Å². The summed E-state index contributed by atoms with van der Waals surface area (Å²) in [5.41, 5.74) is 2.17. The summed E-state index contributed by atoms with van der Waals surface area (Å²) in [5, 5.41) is 3.87. The van der Waals surface area contributed by atoms with Gasteiger partial charge >= 0.3 is 0 Å². The van der Waals surface area contributed by atoms with Crippen molar-refractivity contribution < 1.29 is 9.18 Å². The minimum atomic E-state index is -0.129. The van der Waals surface area contributed by atoms with Gasteiger partial charge in [0.2, 0.25) is 0 Å². The van der Waals surface area contributed by atoms with Gasteiger partial charge in [-0.3, -0.25) is 9.78 Å². The fourth-order valence-corrected chi connectivity index (χ4v) is 3.62. The molecule has 2 aromatic heterocycles. The highest BCUT2D eigenvalue weighted by Gasteiger charge is 2.05. The molecule has 0 fully saturated rings. The van der Waals surface area contributed by atoms with Crippen LogP contribution in [0.15, 0.2) is 53.0 Å². The van der Waals surface area contributed by atoms with E-state index < -0.39 is 0 Å². The molecule has 2 heterocycles. The van der Waals surface area contributed by atoms with Gasteiger partial charge in [-0.2, -0.15) is 0 Å². The molecular formula is C18H18FN3OS2. The van der Waals surface area contributed by atoms with E-state index in [9.17, 15) is 9.18 Å². The molecule has 1 aromatic carbocycles. The molecule has 0 radical (unpaired) electrons. The number of carbonyl (C=O) groups excluding carboxylic acids is 1. The number of aromatic nitrogens is 2. The van der Waals surface area contributed by atoms with Gasteiger partial charge in [-0.15, -0.1) is 11.8 Å². The fourth-order valence-electron chi connectivity index (χ4n) is 1.81. The third kappa shape index (κ3) is 6.28. The summed E-state index contributed by atoms with van der Waals surface area (Å²) in [6.45, 7) is 1.89. The number of hydrogen-bond donors (Lipinski definition) is 1. The number of pyridine rings is 1. The summed E-state index contributed by atoms with van der Waals surface area (Å²) in [6, 6.07) is 10.6. The van der Waals surface area contributed by atoms with E-state index in [0.717, 1.165) is 26.8 Å². The van der Waals surface area contributed by atoms with Gasteiger partial charge in [-0.05, 0) is 36.2 Å². The lowest BCUT2D eigenvalue weighted by atomic mass is 10.2. The predicted molar refractivity (Wildman–Crippen MR) is 102 cm³/mol. The average Bonchev–Trinajstić information content (AvgIpc) is 3.10. The summed E-state index contributed by atoms with van der Waals surface area (Å²) in [5.74, 6) is 0.508. The van der Waals surface area contributed by atoms with Gasteiger partial charge < -0.3 is 5.32 Å². The Kier molecular flexibility index (Phi) is 7.56. The zero-order valence-corrected chi connectivity index (χ0v) is 15.5. The summed E-state index contributed by atoms with van der Waals surface area (Å²) < 4.78 is 14.7. The Labute approximate surface area is 154 Å². The fraction of sp³-hybridized carbons (Fsp3) is 0.167. The number of nitrogens with zero attached hydrogens (tertiary/aromatic N) is 2. The van der Waals surface area contributed by atoms with Crippen LogP contribution >= 0.6 is 23.1 Å². The molecule has 0 bridgehead atoms. The van der Waals surface area contributed by atoms with Crippen LogP contribution in [0.3, 0.4) is 0 Å². The van der Waals surface area contributed by atoms with Crippen molar-refractivity contribution in [3.05, 3.63) is 71.4 Å². The predicted octanol–water partition coefficient (Wildman–Crippen LogP) is 4.82. The Bertz CT molecular complexity index is 809. The van der Waals surface area contributed by atoms with Crippen LogP contribution in [0.2, 0.25) is 0 Å². The Balaban J connectivity index is 0.000000236. The molecule has 0 amide bonds. The van der Waals surface area contributed by atoms with E-state index in [-0.39, 0.29) is 5.82 Å². The highest BCUT2D eigenvalue weighted by molar-refractivity contribution is 8.00. The Morgan fingerprint density at radius 2 is 2.12 bits per heavy atom. The number of hydrogen-bond acceptors (Lipinski definition) is 6. The largest absolute Gasteiger partial charge is 0.365 e. The van der Waals surface area contributed by atoms with Crippen molar-refractivity contribution in [2.24, 2.45) is 0 Å². The second kappa shape index (κ2) is 9.90. The molecule has 25 heavy (non-hydrogen) atoms. The van der Waals surface area contributed by atoms with Crippen molar-refractivity contribution in [1.82, 2.24) is 9.97 Å². The van der Waals surface area contributed by atoms with Gasteiger partial charge in [0.25, 0.3) is 0 Å². The number of aldehydes is 1. The summed E-state index contributed by atoms with van der Waals surface area (Å²) in [7, 11) is 1.84. The van der Waals surface area contributed by atoms with Crippen molar-refractivity contribution in [3.8, 4) is 0 Å². The SMILES string of the molecule is CNc1ncc(SCc2ccc(C)cc2F)s1.O=Cc1ccccn1. The number of aryl methyl sites for hydroxylation is 1. The second-order valence-corrected chi connectivity index (χ2v) is 7.30. The minimum absolute atomic E-state index is 0.129. The Morgan fingerprint density at radius 1 is 1.28 bits per heavy atom. The van der Waals surface area contributed by atoms with E-state index in [1.54, 1.807) is 53.6 Å². The molecule has 0 atom stereocenters. The van der Waals surface area contributed by atoms with Gasteiger partial charge in [-0.1, -0.05) is 29.5 Å². The van der Waals surface area contributed by atoms with Crippen LogP contribution in [0.1, 0.15) is 21.6 Å². The Morgan fingerprint density at radius 3 is 2.68 bits per heavy atom. The molecule has 7 heteroatoms. The lowest BCUT2D eigenvalue weighted by Crippen LogP contribution is -1.87. The van der Waals surface area contributed by atoms with Crippen LogP contribution in [0.25, 0.3) is 0 Å². The molecule has 4 nitrogen and oxygen atoms in total. The second-order valence-electron chi connectivity index (χ2n) is 4.99. The number of thiazole rings is 1. The number of nitrogens with one attached hydrogen (secondary N) is 1. The molecule has 0 aliphatic rings. The third-order valence-corrected chi connectivity index (χ3v) is 5.34. The summed E-state index contributed by atoms with van der Waals surface area (Å²) in [6.07, 6.45) is 4.12. The first-order chi connectivity index (χ1) is 12.1. The van der Waals surface area contributed by atoms with Crippen molar-refractivity contribution in [2.75, 3.05) is 12.4 Å². The van der Waals surface area contributed by atoms with Crippen LogP contribution in [0.4, 0.5) is 9.52 Å². The number of benzene rings is 1. The average molecular weight is 375 g/mol. The van der Waals surface area contributed by atoms with E-state index in [1.807, 2.05) is 32.3 Å². The standard InChI is InChI=1S/C12H13FN2S2.C6H5NO/c1-8-3-4-9(10(13)5-8)7-16-11-6-15-12(14-2)17-11;8-5-6-3-1-2-4-7-6/h3-6H,7H2,1-2H3,(H,14,15);1-5H. The van der Waals surface area contributed by atoms with E-state index in [4.69, 9.17) is 0 Å². The van der Waals surface area contributed by atoms with Crippen molar-refractivity contribution >= 4 is 34.5 Å². The maximum Gasteiger partial charge on any atom is 0.183 e. The third-order valence-electron chi connectivity index (χ3n) is 3.09. The topological polar surface area (TPSA) is 54.9 Å². The van der Waals surface area contributed by atoms with Gasteiger partial charge in [0, 0.05) is 19.0 Å². The van der Waals surface area contributed by atoms with Crippen LogP contribution in [-0.2, 0) is 5.75 Å². The molecular weight excluding hydrogens is 357 g/mol. The molecule has 0 saturated carbocycles. The normalized spacial score (nSPS) is 9.88. The van der Waals surface area contributed by atoms with Crippen LogP contribution in [0, 0.1) is 12.7 Å². The first kappa shape index (κ1) is 19.1. The highest BCUT2D eigenvalue weighted by atomic mass is 32.2. The first-order valence-corrected chi connectivity index (χ1v) is 9.30. The van der Waals surface area contributed by atoms with Gasteiger partial charge in [0.15, 0.2) is 11.4 Å². The lowest BCUT2D eigenvalue weighted by molar-refractivity contribution is 0.111. The minimum Gasteiger partial charge on any atom is -0.365 e. The van der Waals surface area contributed by atoms with Crippen LogP contribution in [-0.4, -0.2) is 23.3 Å². The maximum atomic E-state index is 13.6.